The Bertz CT molecular complexity index is 1160. The topological polar surface area (TPSA) is 58.6 Å². The molecule has 0 aliphatic carbocycles. The van der Waals surface area contributed by atoms with Crippen LogP contribution in [-0.4, -0.2) is 19.0 Å². The lowest BCUT2D eigenvalue weighted by atomic mass is 10.0. The van der Waals surface area contributed by atoms with Crippen molar-refractivity contribution < 1.29 is 18.7 Å². The number of ether oxygens (including phenoxy) is 1. The van der Waals surface area contributed by atoms with E-state index in [9.17, 15) is 14.0 Å². The first kappa shape index (κ1) is 20.3. The fourth-order valence-electron chi connectivity index (χ4n) is 3.58. The Morgan fingerprint density at radius 2 is 1.81 bits per heavy atom. The summed E-state index contributed by atoms with van der Waals surface area (Å²) in [5.41, 5.74) is 4.51. The third-order valence-electron chi connectivity index (χ3n) is 5.11. The van der Waals surface area contributed by atoms with Crippen LogP contribution in [0, 0.1) is 5.82 Å². The van der Waals surface area contributed by atoms with Gasteiger partial charge in [0.25, 0.3) is 5.91 Å². The van der Waals surface area contributed by atoms with Gasteiger partial charge in [-0.05, 0) is 66.1 Å². The van der Waals surface area contributed by atoms with Gasteiger partial charge < -0.3 is 15.0 Å². The van der Waals surface area contributed by atoms with E-state index in [2.05, 4.69) is 5.32 Å². The highest BCUT2D eigenvalue weighted by molar-refractivity contribution is 5.97. The summed E-state index contributed by atoms with van der Waals surface area (Å²) in [4.78, 5) is 26.6. The summed E-state index contributed by atoms with van der Waals surface area (Å²) < 4.78 is 18.1. The molecular weight excluding hydrogens is 395 g/mol. The molecule has 3 aromatic rings. The molecule has 0 fully saturated rings. The van der Waals surface area contributed by atoms with Crippen LogP contribution in [0.2, 0.25) is 0 Å². The lowest BCUT2D eigenvalue weighted by molar-refractivity contribution is -0.136. The maximum Gasteiger partial charge on any atom is 0.354 e. The molecular formula is C25H21FN2O3. The SMILES string of the molecule is COC(=O)C1=CCc2ccccc2N1c1cccc(CNC(=O)c2ccc(F)cc2)c1. The van der Waals surface area contributed by atoms with E-state index in [4.69, 9.17) is 4.74 Å². The predicted molar refractivity (Wildman–Crippen MR) is 116 cm³/mol. The van der Waals surface area contributed by atoms with Crippen LogP contribution in [-0.2, 0) is 22.5 Å². The molecule has 0 radical (unpaired) electrons. The molecule has 0 unspecified atom stereocenters. The highest BCUT2D eigenvalue weighted by Crippen LogP contribution is 2.37. The van der Waals surface area contributed by atoms with Crippen molar-refractivity contribution in [3.63, 3.8) is 0 Å². The second kappa shape index (κ2) is 8.83. The average molecular weight is 416 g/mol. The first-order valence-corrected chi connectivity index (χ1v) is 9.86. The van der Waals surface area contributed by atoms with E-state index in [0.29, 0.717) is 17.7 Å². The van der Waals surface area contributed by atoms with Crippen LogP contribution >= 0.6 is 0 Å². The van der Waals surface area contributed by atoms with Crippen molar-refractivity contribution in [3.8, 4) is 0 Å². The van der Waals surface area contributed by atoms with Crippen LogP contribution < -0.4 is 10.2 Å². The summed E-state index contributed by atoms with van der Waals surface area (Å²) in [5.74, 6) is -1.09. The average Bonchev–Trinajstić information content (AvgIpc) is 2.82. The molecule has 3 aromatic carbocycles. The van der Waals surface area contributed by atoms with E-state index in [-0.39, 0.29) is 18.3 Å². The third-order valence-corrected chi connectivity index (χ3v) is 5.11. The largest absolute Gasteiger partial charge is 0.464 e. The van der Waals surface area contributed by atoms with Crippen LogP contribution in [0.1, 0.15) is 21.5 Å². The molecule has 1 aliphatic heterocycles. The van der Waals surface area contributed by atoms with Gasteiger partial charge in [0, 0.05) is 23.5 Å². The van der Waals surface area contributed by atoms with E-state index in [1.165, 1.54) is 31.4 Å². The van der Waals surface area contributed by atoms with Crippen molar-refractivity contribution >= 4 is 23.3 Å². The molecule has 1 aliphatic rings. The summed E-state index contributed by atoms with van der Waals surface area (Å²) in [7, 11) is 1.36. The Morgan fingerprint density at radius 3 is 2.58 bits per heavy atom. The van der Waals surface area contributed by atoms with Gasteiger partial charge in [-0.25, -0.2) is 9.18 Å². The van der Waals surface area contributed by atoms with E-state index in [1.54, 1.807) is 0 Å². The number of hydrogen-bond donors (Lipinski definition) is 1. The number of hydrogen-bond acceptors (Lipinski definition) is 4. The number of carbonyl (C=O) groups excluding carboxylic acids is 2. The second-order valence-electron chi connectivity index (χ2n) is 7.11. The molecule has 1 heterocycles. The number of anilines is 2. The number of amides is 1. The van der Waals surface area contributed by atoms with Gasteiger partial charge in [-0.3, -0.25) is 4.79 Å². The zero-order valence-corrected chi connectivity index (χ0v) is 17.0. The number of carbonyl (C=O) groups is 2. The van der Waals surface area contributed by atoms with Gasteiger partial charge in [0.1, 0.15) is 11.5 Å². The minimum atomic E-state index is -0.412. The monoisotopic (exact) mass is 416 g/mol. The summed E-state index contributed by atoms with van der Waals surface area (Å²) >= 11 is 0. The Hall–Kier alpha value is -3.93. The van der Waals surface area contributed by atoms with Crippen LogP contribution in [0.25, 0.3) is 0 Å². The summed E-state index contributed by atoms with van der Waals surface area (Å²) in [6, 6.07) is 20.9. The Morgan fingerprint density at radius 1 is 1.03 bits per heavy atom. The maximum atomic E-state index is 13.1. The fourth-order valence-corrected chi connectivity index (χ4v) is 3.58. The van der Waals surface area contributed by atoms with Crippen LogP contribution in [0.15, 0.2) is 84.6 Å². The molecule has 0 bridgehead atoms. The second-order valence-corrected chi connectivity index (χ2v) is 7.11. The van der Waals surface area contributed by atoms with E-state index < -0.39 is 5.97 Å². The summed E-state index contributed by atoms with van der Waals surface area (Å²) in [6.07, 6.45) is 2.50. The summed E-state index contributed by atoms with van der Waals surface area (Å²) in [5, 5.41) is 2.84. The number of nitrogens with zero attached hydrogens (tertiary/aromatic N) is 1. The Kier molecular flexibility index (Phi) is 5.80. The Labute approximate surface area is 179 Å². The lowest BCUT2D eigenvalue weighted by Crippen LogP contribution is -2.28. The smallest absolute Gasteiger partial charge is 0.354 e. The van der Waals surface area contributed by atoms with Crippen molar-refractivity contribution in [2.24, 2.45) is 0 Å². The molecule has 0 aromatic heterocycles. The van der Waals surface area contributed by atoms with Gasteiger partial charge in [0.15, 0.2) is 0 Å². The predicted octanol–water partition coefficient (Wildman–Crippen LogP) is 4.51. The fraction of sp³-hybridized carbons (Fsp3) is 0.120. The quantitative estimate of drug-likeness (QED) is 0.622. The number of allylic oxidation sites excluding steroid dienone is 1. The molecule has 4 rings (SSSR count). The number of para-hydroxylation sites is 1. The van der Waals surface area contributed by atoms with Crippen molar-refractivity contribution in [2.75, 3.05) is 12.0 Å². The maximum absolute atomic E-state index is 13.1. The third kappa shape index (κ3) is 4.33. The van der Waals surface area contributed by atoms with Gasteiger partial charge in [-0.15, -0.1) is 0 Å². The van der Waals surface area contributed by atoms with Gasteiger partial charge in [-0.1, -0.05) is 30.3 Å². The minimum Gasteiger partial charge on any atom is -0.464 e. The molecule has 31 heavy (non-hydrogen) atoms. The lowest BCUT2D eigenvalue weighted by Gasteiger charge is -2.31. The van der Waals surface area contributed by atoms with Gasteiger partial charge in [-0.2, -0.15) is 0 Å². The van der Waals surface area contributed by atoms with E-state index >= 15 is 0 Å². The van der Waals surface area contributed by atoms with Crippen LogP contribution in [0.4, 0.5) is 15.8 Å². The summed E-state index contributed by atoms with van der Waals surface area (Å²) in [6.45, 7) is 0.289. The number of benzene rings is 3. The number of methoxy groups -OCH3 is 1. The van der Waals surface area contributed by atoms with Crippen LogP contribution in [0.3, 0.4) is 0 Å². The molecule has 6 heteroatoms. The molecule has 156 valence electrons. The first-order chi connectivity index (χ1) is 15.1. The minimum absolute atomic E-state index is 0.288. The number of fused-ring (bicyclic) bond motifs is 1. The molecule has 0 saturated carbocycles. The number of halogens is 1. The standard InChI is InChI=1S/C25H21FN2O3/c1-31-25(30)23-14-11-18-6-2-3-8-22(18)28(23)21-7-4-5-17(15-21)16-27-24(29)19-9-12-20(26)13-10-19/h2-10,12-15H,11,16H2,1H3,(H,27,29). The van der Waals surface area contributed by atoms with Crippen molar-refractivity contribution in [1.82, 2.24) is 5.32 Å². The van der Waals surface area contributed by atoms with Crippen molar-refractivity contribution in [3.05, 3.63) is 107 Å². The van der Waals surface area contributed by atoms with E-state index in [0.717, 1.165) is 22.5 Å². The molecule has 0 spiro atoms. The Balaban J connectivity index is 1.59. The van der Waals surface area contributed by atoms with Crippen molar-refractivity contribution in [2.45, 2.75) is 13.0 Å². The number of esters is 1. The van der Waals surface area contributed by atoms with Crippen LogP contribution in [0.5, 0.6) is 0 Å². The van der Waals surface area contributed by atoms with E-state index in [1.807, 2.05) is 59.5 Å². The molecule has 1 N–H and O–H groups in total. The molecule has 0 atom stereocenters. The first-order valence-electron chi connectivity index (χ1n) is 9.86. The molecule has 1 amide bonds. The molecule has 5 nitrogen and oxygen atoms in total. The highest BCUT2D eigenvalue weighted by atomic mass is 19.1. The zero-order valence-electron chi connectivity index (χ0n) is 17.0. The number of rotatable bonds is 5. The normalized spacial score (nSPS) is 12.6. The number of nitrogens with one attached hydrogen (secondary N) is 1. The highest BCUT2D eigenvalue weighted by Gasteiger charge is 2.26. The molecule has 0 saturated heterocycles. The van der Waals surface area contributed by atoms with Crippen molar-refractivity contribution in [1.29, 1.82) is 0 Å². The van der Waals surface area contributed by atoms with Gasteiger partial charge in [0.05, 0.1) is 7.11 Å². The van der Waals surface area contributed by atoms with Gasteiger partial charge in [0.2, 0.25) is 0 Å². The zero-order chi connectivity index (χ0) is 21.8. The van der Waals surface area contributed by atoms with Gasteiger partial charge >= 0.3 is 5.97 Å².